The third-order valence-electron chi connectivity index (χ3n) is 3.16. The fourth-order valence-electron chi connectivity index (χ4n) is 2.20. The number of rotatable bonds is 5. The van der Waals surface area contributed by atoms with E-state index in [0.29, 0.717) is 0 Å². The zero-order valence-corrected chi connectivity index (χ0v) is 10.8. The molecular weight excluding hydrogens is 212 g/mol. The number of fused-ring (bicyclic) bond motifs is 1. The molecule has 1 aromatic heterocycles. The maximum Gasteiger partial charge on any atom is 0.119 e. The molecule has 0 unspecified atom stereocenters. The monoisotopic (exact) mass is 232 g/mol. The minimum Gasteiger partial charge on any atom is -0.497 e. The highest BCUT2D eigenvalue weighted by atomic mass is 16.5. The van der Waals surface area contributed by atoms with Crippen LogP contribution in [0.5, 0.6) is 5.75 Å². The second-order valence-corrected chi connectivity index (χ2v) is 4.18. The number of aryl methyl sites for hydroxylation is 1. The smallest absolute Gasteiger partial charge is 0.119 e. The number of benzene rings is 1. The van der Waals surface area contributed by atoms with E-state index in [-0.39, 0.29) is 0 Å². The summed E-state index contributed by atoms with van der Waals surface area (Å²) in [5, 5.41) is 4.50. The van der Waals surface area contributed by atoms with Crippen LogP contribution in [-0.4, -0.2) is 25.3 Å². The van der Waals surface area contributed by atoms with Crippen LogP contribution in [0.15, 0.2) is 24.4 Å². The molecule has 0 aliphatic rings. The molecule has 1 aromatic carbocycles. The molecule has 0 atom stereocenters. The van der Waals surface area contributed by atoms with E-state index >= 15 is 0 Å². The highest BCUT2D eigenvalue weighted by Gasteiger charge is 2.08. The van der Waals surface area contributed by atoms with Crippen LogP contribution in [0.1, 0.15) is 12.5 Å². The van der Waals surface area contributed by atoms with Crippen LogP contribution in [0, 0.1) is 0 Å². The first-order valence-electron chi connectivity index (χ1n) is 6.10. The van der Waals surface area contributed by atoms with Crippen molar-refractivity contribution in [3.63, 3.8) is 0 Å². The van der Waals surface area contributed by atoms with Gasteiger partial charge in [0, 0.05) is 23.6 Å². The minimum atomic E-state index is 0.928. The molecule has 0 bridgehead atoms. The second kappa shape index (κ2) is 5.23. The van der Waals surface area contributed by atoms with Crippen molar-refractivity contribution in [3.8, 4) is 5.75 Å². The van der Waals surface area contributed by atoms with E-state index < -0.39 is 0 Å². The molecule has 2 rings (SSSR count). The molecule has 0 aliphatic carbocycles. The molecule has 3 nitrogen and oxygen atoms in total. The van der Waals surface area contributed by atoms with Crippen molar-refractivity contribution < 1.29 is 4.74 Å². The summed E-state index contributed by atoms with van der Waals surface area (Å²) in [7, 11) is 3.70. The normalized spacial score (nSPS) is 11.0. The van der Waals surface area contributed by atoms with E-state index in [1.807, 2.05) is 13.1 Å². The first kappa shape index (κ1) is 12.0. The lowest BCUT2D eigenvalue weighted by Crippen LogP contribution is -2.09. The molecule has 0 spiro atoms. The van der Waals surface area contributed by atoms with Crippen molar-refractivity contribution in [3.05, 3.63) is 30.0 Å². The van der Waals surface area contributed by atoms with Crippen LogP contribution < -0.4 is 10.1 Å². The highest BCUT2D eigenvalue weighted by Crippen LogP contribution is 2.26. The van der Waals surface area contributed by atoms with E-state index in [1.54, 1.807) is 7.11 Å². The van der Waals surface area contributed by atoms with Crippen molar-refractivity contribution in [2.75, 3.05) is 20.7 Å². The van der Waals surface area contributed by atoms with Crippen LogP contribution in [0.4, 0.5) is 0 Å². The number of hydrogen-bond donors (Lipinski definition) is 1. The predicted molar refractivity (Wildman–Crippen MR) is 71.8 cm³/mol. The molecular formula is C14H20N2O. The van der Waals surface area contributed by atoms with Gasteiger partial charge in [0.1, 0.15) is 5.75 Å². The van der Waals surface area contributed by atoms with Crippen LogP contribution >= 0.6 is 0 Å². The summed E-state index contributed by atoms with van der Waals surface area (Å²) >= 11 is 0. The molecule has 0 aliphatic heterocycles. The summed E-state index contributed by atoms with van der Waals surface area (Å²) in [4.78, 5) is 0. The van der Waals surface area contributed by atoms with Gasteiger partial charge in [0.2, 0.25) is 0 Å². The molecule has 0 saturated carbocycles. The third-order valence-corrected chi connectivity index (χ3v) is 3.16. The van der Waals surface area contributed by atoms with Gasteiger partial charge in [-0.1, -0.05) is 0 Å². The molecule has 1 N–H and O–H groups in total. The maximum atomic E-state index is 5.30. The van der Waals surface area contributed by atoms with Gasteiger partial charge in [0.05, 0.1) is 7.11 Å². The first-order valence-corrected chi connectivity index (χ1v) is 6.10. The standard InChI is InChI=1S/C14H20N2O/c1-4-16-10-11(7-8-15-2)13-9-12(17-3)5-6-14(13)16/h5-6,9-10,15H,4,7-8H2,1-3H3. The Kier molecular flexibility index (Phi) is 3.69. The number of nitrogens with one attached hydrogen (secondary N) is 1. The van der Waals surface area contributed by atoms with E-state index in [1.165, 1.54) is 16.5 Å². The molecule has 92 valence electrons. The maximum absolute atomic E-state index is 5.30. The summed E-state index contributed by atoms with van der Waals surface area (Å²) in [6.45, 7) is 4.17. The Morgan fingerprint density at radius 2 is 2.18 bits per heavy atom. The van der Waals surface area contributed by atoms with Crippen LogP contribution in [0.25, 0.3) is 10.9 Å². The number of aromatic nitrogens is 1. The average molecular weight is 232 g/mol. The van der Waals surface area contributed by atoms with Gasteiger partial charge in [-0.2, -0.15) is 0 Å². The van der Waals surface area contributed by atoms with Crippen molar-refractivity contribution in [1.82, 2.24) is 9.88 Å². The van der Waals surface area contributed by atoms with Crippen molar-refractivity contribution in [2.45, 2.75) is 19.9 Å². The Morgan fingerprint density at radius 1 is 1.35 bits per heavy atom. The van der Waals surface area contributed by atoms with Crippen molar-refractivity contribution in [1.29, 1.82) is 0 Å². The van der Waals surface area contributed by atoms with Crippen LogP contribution in [-0.2, 0) is 13.0 Å². The van der Waals surface area contributed by atoms with E-state index in [9.17, 15) is 0 Å². The zero-order chi connectivity index (χ0) is 12.3. The lowest BCUT2D eigenvalue weighted by molar-refractivity contribution is 0.415. The number of nitrogens with zero attached hydrogens (tertiary/aromatic N) is 1. The average Bonchev–Trinajstić information content (AvgIpc) is 2.73. The van der Waals surface area contributed by atoms with E-state index in [0.717, 1.165) is 25.3 Å². The topological polar surface area (TPSA) is 26.2 Å². The summed E-state index contributed by atoms with van der Waals surface area (Å²) in [5.41, 5.74) is 2.68. The third kappa shape index (κ3) is 2.29. The molecule has 0 amide bonds. The van der Waals surface area contributed by atoms with Gasteiger partial charge in [-0.15, -0.1) is 0 Å². The Morgan fingerprint density at radius 3 is 2.82 bits per heavy atom. The molecule has 0 radical (unpaired) electrons. The molecule has 3 heteroatoms. The SMILES string of the molecule is CCn1cc(CCNC)c2cc(OC)ccc21. The Labute approximate surface area is 102 Å². The van der Waals surface area contributed by atoms with Gasteiger partial charge in [0.15, 0.2) is 0 Å². The number of hydrogen-bond acceptors (Lipinski definition) is 2. The molecule has 2 aromatic rings. The highest BCUT2D eigenvalue weighted by molar-refractivity contribution is 5.85. The van der Waals surface area contributed by atoms with Gasteiger partial charge in [0.25, 0.3) is 0 Å². The number of methoxy groups -OCH3 is 1. The number of ether oxygens (including phenoxy) is 1. The molecule has 0 saturated heterocycles. The van der Waals surface area contributed by atoms with Crippen LogP contribution in [0.3, 0.4) is 0 Å². The Balaban J connectivity index is 2.49. The van der Waals surface area contributed by atoms with Gasteiger partial charge >= 0.3 is 0 Å². The molecule has 0 fully saturated rings. The van der Waals surface area contributed by atoms with Crippen molar-refractivity contribution in [2.24, 2.45) is 0 Å². The number of likely N-dealkylation sites (N-methyl/N-ethyl adjacent to an activating group) is 1. The van der Waals surface area contributed by atoms with Gasteiger partial charge in [-0.3, -0.25) is 0 Å². The molecule has 1 heterocycles. The van der Waals surface area contributed by atoms with Gasteiger partial charge in [-0.25, -0.2) is 0 Å². The lowest BCUT2D eigenvalue weighted by Gasteiger charge is -2.03. The van der Waals surface area contributed by atoms with Crippen LogP contribution in [0.2, 0.25) is 0 Å². The summed E-state index contributed by atoms with van der Waals surface area (Å²) < 4.78 is 7.59. The second-order valence-electron chi connectivity index (χ2n) is 4.18. The fourth-order valence-corrected chi connectivity index (χ4v) is 2.20. The lowest BCUT2D eigenvalue weighted by atomic mass is 10.1. The van der Waals surface area contributed by atoms with Gasteiger partial charge < -0.3 is 14.6 Å². The first-order chi connectivity index (χ1) is 8.30. The van der Waals surface area contributed by atoms with Gasteiger partial charge in [-0.05, 0) is 50.7 Å². The largest absolute Gasteiger partial charge is 0.497 e. The quantitative estimate of drug-likeness (QED) is 0.857. The molecule has 17 heavy (non-hydrogen) atoms. The summed E-state index contributed by atoms with van der Waals surface area (Å²) in [5.74, 6) is 0.928. The summed E-state index contributed by atoms with van der Waals surface area (Å²) in [6.07, 6.45) is 3.30. The Hall–Kier alpha value is -1.48. The van der Waals surface area contributed by atoms with E-state index in [4.69, 9.17) is 4.74 Å². The van der Waals surface area contributed by atoms with Crippen molar-refractivity contribution >= 4 is 10.9 Å². The predicted octanol–water partition coefficient (Wildman–Crippen LogP) is 2.43. The minimum absolute atomic E-state index is 0.928. The zero-order valence-electron chi connectivity index (χ0n) is 10.8. The summed E-state index contributed by atoms with van der Waals surface area (Å²) in [6, 6.07) is 6.30. The van der Waals surface area contributed by atoms with E-state index in [2.05, 4.69) is 35.1 Å². The Bertz CT molecular complexity index is 502. The fraction of sp³-hybridized carbons (Fsp3) is 0.429.